The van der Waals surface area contributed by atoms with E-state index in [1.807, 2.05) is 0 Å². The van der Waals surface area contributed by atoms with E-state index in [1.54, 1.807) is 0 Å². The Morgan fingerprint density at radius 1 is 1.50 bits per heavy atom. The van der Waals surface area contributed by atoms with Gasteiger partial charge in [0.25, 0.3) is 0 Å². The minimum absolute atomic E-state index is 0.498. The van der Waals surface area contributed by atoms with E-state index in [1.165, 1.54) is 32.1 Å². The van der Waals surface area contributed by atoms with Crippen molar-refractivity contribution in [3.8, 4) is 0 Å². The van der Waals surface area contributed by atoms with Crippen LogP contribution in [0, 0.1) is 0 Å². The van der Waals surface area contributed by atoms with E-state index in [0.29, 0.717) is 11.6 Å². The Labute approximate surface area is 74.7 Å². The highest BCUT2D eigenvalue weighted by Gasteiger charge is 2.37. The smallest absolute Gasteiger partial charge is 0.0620 e. The van der Waals surface area contributed by atoms with Gasteiger partial charge in [-0.2, -0.15) is 0 Å². The van der Waals surface area contributed by atoms with Gasteiger partial charge in [-0.1, -0.05) is 6.92 Å². The van der Waals surface area contributed by atoms with Crippen LogP contribution in [0.4, 0.5) is 0 Å². The van der Waals surface area contributed by atoms with Crippen LogP contribution < -0.4 is 5.32 Å². The molecule has 1 heterocycles. The molecule has 1 atom stereocenters. The van der Waals surface area contributed by atoms with Crippen LogP contribution >= 0.6 is 0 Å². The minimum atomic E-state index is 0.498. The molecule has 2 aliphatic rings. The van der Waals surface area contributed by atoms with Crippen molar-refractivity contribution in [1.29, 1.82) is 0 Å². The summed E-state index contributed by atoms with van der Waals surface area (Å²) >= 11 is 0. The Morgan fingerprint density at radius 2 is 2.33 bits per heavy atom. The van der Waals surface area contributed by atoms with Crippen molar-refractivity contribution in [2.45, 2.75) is 50.6 Å². The van der Waals surface area contributed by atoms with Crippen LogP contribution in [0.5, 0.6) is 0 Å². The highest BCUT2D eigenvalue weighted by atomic mass is 16.5. The topological polar surface area (TPSA) is 21.3 Å². The standard InChI is InChI=1S/C10H19NO/c1-2-10(5-3-6-10)11-9-4-7-12-8-9/h9,11H,2-8H2,1H3. The molecule has 12 heavy (non-hydrogen) atoms. The van der Waals surface area contributed by atoms with Crippen LogP contribution in [0.25, 0.3) is 0 Å². The average Bonchev–Trinajstić information content (AvgIpc) is 2.49. The van der Waals surface area contributed by atoms with Crippen molar-refractivity contribution < 1.29 is 4.74 Å². The zero-order valence-corrected chi connectivity index (χ0v) is 7.94. The van der Waals surface area contributed by atoms with Crippen molar-refractivity contribution in [3.05, 3.63) is 0 Å². The first-order chi connectivity index (χ1) is 5.85. The van der Waals surface area contributed by atoms with Crippen molar-refractivity contribution in [1.82, 2.24) is 5.32 Å². The highest BCUT2D eigenvalue weighted by molar-refractivity contribution is 4.97. The summed E-state index contributed by atoms with van der Waals surface area (Å²) in [5, 5.41) is 3.75. The van der Waals surface area contributed by atoms with Crippen LogP contribution in [-0.2, 0) is 4.74 Å². The summed E-state index contributed by atoms with van der Waals surface area (Å²) in [5.41, 5.74) is 0.498. The lowest BCUT2D eigenvalue weighted by atomic mass is 9.74. The number of hydrogen-bond donors (Lipinski definition) is 1. The van der Waals surface area contributed by atoms with Crippen LogP contribution in [0.3, 0.4) is 0 Å². The Morgan fingerprint density at radius 3 is 2.75 bits per heavy atom. The maximum absolute atomic E-state index is 5.35. The highest BCUT2D eigenvalue weighted by Crippen LogP contribution is 2.35. The van der Waals surface area contributed by atoms with Gasteiger partial charge in [-0.25, -0.2) is 0 Å². The molecule has 2 heteroatoms. The summed E-state index contributed by atoms with van der Waals surface area (Å²) in [6.07, 6.45) is 6.65. The van der Waals surface area contributed by atoms with Crippen LogP contribution in [0.1, 0.15) is 39.0 Å². The lowest BCUT2D eigenvalue weighted by Crippen LogP contribution is -2.54. The largest absolute Gasteiger partial charge is 0.380 e. The Bertz CT molecular complexity index is 142. The maximum atomic E-state index is 5.35. The third kappa shape index (κ3) is 1.50. The van der Waals surface area contributed by atoms with Crippen molar-refractivity contribution >= 4 is 0 Å². The van der Waals surface area contributed by atoms with Gasteiger partial charge in [0.1, 0.15) is 0 Å². The fourth-order valence-corrected chi connectivity index (χ4v) is 2.28. The zero-order chi connectivity index (χ0) is 8.44. The van der Waals surface area contributed by atoms with Gasteiger partial charge in [-0.05, 0) is 32.1 Å². The van der Waals surface area contributed by atoms with Crippen molar-refractivity contribution in [2.24, 2.45) is 0 Å². The Balaban J connectivity index is 1.83. The minimum Gasteiger partial charge on any atom is -0.380 e. The van der Waals surface area contributed by atoms with Crippen LogP contribution in [-0.4, -0.2) is 24.8 Å². The van der Waals surface area contributed by atoms with E-state index >= 15 is 0 Å². The molecule has 0 bridgehead atoms. The van der Waals surface area contributed by atoms with Crippen molar-refractivity contribution in [3.63, 3.8) is 0 Å². The summed E-state index contributed by atoms with van der Waals surface area (Å²) in [6, 6.07) is 0.644. The predicted molar refractivity (Wildman–Crippen MR) is 49.2 cm³/mol. The number of nitrogens with one attached hydrogen (secondary N) is 1. The van der Waals surface area contributed by atoms with Gasteiger partial charge in [-0.15, -0.1) is 0 Å². The summed E-state index contributed by atoms with van der Waals surface area (Å²) in [7, 11) is 0. The maximum Gasteiger partial charge on any atom is 0.0620 e. The SMILES string of the molecule is CCC1(NC2CCOC2)CCC1. The van der Waals surface area contributed by atoms with Gasteiger partial charge in [0.15, 0.2) is 0 Å². The molecule has 1 saturated heterocycles. The Kier molecular flexibility index (Phi) is 2.37. The molecular formula is C10H19NO. The summed E-state index contributed by atoms with van der Waals surface area (Å²) < 4.78 is 5.35. The van der Waals surface area contributed by atoms with Gasteiger partial charge in [-0.3, -0.25) is 0 Å². The molecule has 1 aliphatic carbocycles. The second-order valence-electron chi connectivity index (χ2n) is 4.19. The van der Waals surface area contributed by atoms with Crippen LogP contribution in [0.2, 0.25) is 0 Å². The van der Waals surface area contributed by atoms with E-state index in [4.69, 9.17) is 4.74 Å². The summed E-state index contributed by atoms with van der Waals surface area (Å²) in [6.45, 7) is 4.18. The lowest BCUT2D eigenvalue weighted by Gasteiger charge is -2.44. The van der Waals surface area contributed by atoms with E-state index < -0.39 is 0 Å². The Hall–Kier alpha value is -0.0800. The molecule has 0 amide bonds. The third-order valence-corrected chi connectivity index (χ3v) is 3.43. The third-order valence-electron chi connectivity index (χ3n) is 3.43. The molecule has 0 radical (unpaired) electrons. The number of rotatable bonds is 3. The molecular weight excluding hydrogens is 150 g/mol. The van der Waals surface area contributed by atoms with Gasteiger partial charge in [0.2, 0.25) is 0 Å². The van der Waals surface area contributed by atoms with E-state index in [2.05, 4.69) is 12.2 Å². The normalized spacial score (nSPS) is 33.2. The van der Waals surface area contributed by atoms with E-state index in [-0.39, 0.29) is 0 Å². The summed E-state index contributed by atoms with van der Waals surface area (Å²) in [5.74, 6) is 0. The monoisotopic (exact) mass is 169 g/mol. The fourth-order valence-electron chi connectivity index (χ4n) is 2.28. The summed E-state index contributed by atoms with van der Waals surface area (Å²) in [4.78, 5) is 0. The lowest BCUT2D eigenvalue weighted by molar-refractivity contribution is 0.139. The quantitative estimate of drug-likeness (QED) is 0.694. The van der Waals surface area contributed by atoms with Gasteiger partial charge >= 0.3 is 0 Å². The van der Waals surface area contributed by atoms with E-state index in [9.17, 15) is 0 Å². The molecule has 2 rings (SSSR count). The number of hydrogen-bond acceptors (Lipinski definition) is 2. The van der Waals surface area contributed by atoms with E-state index in [0.717, 1.165) is 13.2 Å². The van der Waals surface area contributed by atoms with Gasteiger partial charge in [0, 0.05) is 18.2 Å². The molecule has 1 N–H and O–H groups in total. The molecule has 1 saturated carbocycles. The molecule has 1 aliphatic heterocycles. The first-order valence-corrected chi connectivity index (χ1v) is 5.20. The molecule has 2 nitrogen and oxygen atoms in total. The van der Waals surface area contributed by atoms with Crippen LogP contribution in [0.15, 0.2) is 0 Å². The second kappa shape index (κ2) is 3.35. The molecule has 0 aromatic rings. The predicted octanol–water partition coefficient (Wildman–Crippen LogP) is 1.70. The van der Waals surface area contributed by atoms with Gasteiger partial charge in [0.05, 0.1) is 6.61 Å². The van der Waals surface area contributed by atoms with Crippen molar-refractivity contribution in [2.75, 3.05) is 13.2 Å². The molecule has 0 spiro atoms. The second-order valence-corrected chi connectivity index (χ2v) is 4.19. The molecule has 0 aromatic carbocycles. The average molecular weight is 169 g/mol. The molecule has 70 valence electrons. The first-order valence-electron chi connectivity index (χ1n) is 5.20. The number of ether oxygens (including phenoxy) is 1. The molecule has 2 fully saturated rings. The molecule has 0 aromatic heterocycles. The zero-order valence-electron chi connectivity index (χ0n) is 7.94. The molecule has 1 unspecified atom stereocenters. The fraction of sp³-hybridized carbons (Fsp3) is 1.00. The van der Waals surface area contributed by atoms with Gasteiger partial charge < -0.3 is 10.1 Å². The first kappa shape index (κ1) is 8.52.